The quantitative estimate of drug-likeness (QED) is 0.866. The maximum atomic E-state index is 13.0. The van der Waals surface area contributed by atoms with Gasteiger partial charge in [-0.25, -0.2) is 4.39 Å². The van der Waals surface area contributed by atoms with Gasteiger partial charge >= 0.3 is 0 Å². The highest BCUT2D eigenvalue weighted by molar-refractivity contribution is 9.10. The van der Waals surface area contributed by atoms with Crippen LogP contribution in [0.4, 0.5) is 15.8 Å². The van der Waals surface area contributed by atoms with E-state index in [1.54, 1.807) is 12.1 Å². The highest BCUT2D eigenvalue weighted by atomic mass is 79.9. The molecule has 0 spiro atoms. The van der Waals surface area contributed by atoms with Crippen LogP contribution in [0.2, 0.25) is 0 Å². The Labute approximate surface area is 127 Å². The average molecular weight is 337 g/mol. The molecule has 0 aliphatic heterocycles. The molecule has 2 nitrogen and oxygen atoms in total. The van der Waals surface area contributed by atoms with E-state index in [2.05, 4.69) is 46.4 Å². The van der Waals surface area contributed by atoms with Gasteiger partial charge in [0.25, 0.3) is 0 Å². The lowest BCUT2D eigenvalue weighted by atomic mass is 10.2. The van der Waals surface area contributed by atoms with Crippen LogP contribution in [0.15, 0.2) is 46.9 Å². The average Bonchev–Trinajstić information content (AvgIpc) is 2.45. The number of anilines is 2. The van der Waals surface area contributed by atoms with Gasteiger partial charge in [0.15, 0.2) is 0 Å². The second-order valence-electron chi connectivity index (χ2n) is 4.60. The number of hydrogen-bond donors (Lipinski definition) is 1. The van der Waals surface area contributed by atoms with Gasteiger partial charge in [-0.1, -0.05) is 13.0 Å². The lowest BCUT2D eigenvalue weighted by Gasteiger charge is -2.21. The van der Waals surface area contributed by atoms with Gasteiger partial charge in [0.1, 0.15) is 5.82 Å². The topological polar surface area (TPSA) is 15.3 Å². The lowest BCUT2D eigenvalue weighted by molar-refractivity contribution is 0.628. The molecule has 0 aromatic heterocycles. The first-order valence-electron chi connectivity index (χ1n) is 6.60. The fourth-order valence-electron chi connectivity index (χ4n) is 2.01. The molecule has 2 rings (SSSR count). The van der Waals surface area contributed by atoms with Crippen molar-refractivity contribution in [2.45, 2.75) is 13.5 Å². The number of halogens is 2. The summed E-state index contributed by atoms with van der Waals surface area (Å²) in [4.78, 5) is 2.03. The van der Waals surface area contributed by atoms with Crippen LogP contribution < -0.4 is 10.2 Å². The Morgan fingerprint density at radius 1 is 1.15 bits per heavy atom. The van der Waals surface area contributed by atoms with E-state index >= 15 is 0 Å². The first-order chi connectivity index (χ1) is 9.61. The summed E-state index contributed by atoms with van der Waals surface area (Å²) < 4.78 is 14.0. The van der Waals surface area contributed by atoms with E-state index < -0.39 is 0 Å². The van der Waals surface area contributed by atoms with Gasteiger partial charge in [0, 0.05) is 23.8 Å². The van der Waals surface area contributed by atoms with Gasteiger partial charge < -0.3 is 10.2 Å². The molecule has 2 aromatic carbocycles. The van der Waals surface area contributed by atoms with Crippen molar-refractivity contribution in [1.29, 1.82) is 0 Å². The van der Waals surface area contributed by atoms with Gasteiger partial charge in [-0.05, 0) is 64.4 Å². The third-order valence-electron chi connectivity index (χ3n) is 3.17. The van der Waals surface area contributed by atoms with Crippen LogP contribution in [-0.2, 0) is 6.54 Å². The summed E-state index contributed by atoms with van der Waals surface area (Å²) in [6.07, 6.45) is 0. The van der Waals surface area contributed by atoms with E-state index in [9.17, 15) is 4.39 Å². The van der Waals surface area contributed by atoms with E-state index in [1.165, 1.54) is 17.7 Å². The van der Waals surface area contributed by atoms with Crippen LogP contribution in [0.1, 0.15) is 12.5 Å². The lowest BCUT2D eigenvalue weighted by Crippen LogP contribution is -2.13. The third-order valence-corrected chi connectivity index (χ3v) is 3.80. The van der Waals surface area contributed by atoms with E-state index in [0.717, 1.165) is 28.9 Å². The maximum absolute atomic E-state index is 13.0. The summed E-state index contributed by atoms with van der Waals surface area (Å²) in [5, 5.41) is 3.30. The monoisotopic (exact) mass is 336 g/mol. The molecule has 0 aliphatic rings. The SMILES string of the molecule is CCNCc1ccc(N(C)c2ccc(F)cc2)c(Br)c1. The molecule has 0 atom stereocenters. The molecule has 20 heavy (non-hydrogen) atoms. The van der Waals surface area contributed by atoms with Crippen molar-refractivity contribution in [3.63, 3.8) is 0 Å². The summed E-state index contributed by atoms with van der Waals surface area (Å²) in [6.45, 7) is 3.90. The molecule has 1 N–H and O–H groups in total. The summed E-state index contributed by atoms with van der Waals surface area (Å²) in [7, 11) is 1.97. The van der Waals surface area contributed by atoms with E-state index in [1.807, 2.05) is 11.9 Å². The molecule has 0 saturated carbocycles. The maximum Gasteiger partial charge on any atom is 0.123 e. The zero-order valence-electron chi connectivity index (χ0n) is 11.7. The van der Waals surface area contributed by atoms with E-state index in [0.29, 0.717) is 0 Å². The minimum Gasteiger partial charge on any atom is -0.344 e. The van der Waals surface area contributed by atoms with Crippen LogP contribution in [0.5, 0.6) is 0 Å². The number of nitrogens with zero attached hydrogens (tertiary/aromatic N) is 1. The Morgan fingerprint density at radius 3 is 2.45 bits per heavy atom. The summed E-state index contributed by atoms with van der Waals surface area (Å²) >= 11 is 3.61. The highest BCUT2D eigenvalue weighted by Crippen LogP contribution is 2.31. The fourth-order valence-corrected chi connectivity index (χ4v) is 2.70. The molecule has 0 amide bonds. The second kappa shape index (κ2) is 6.86. The molecular formula is C16H18BrFN2. The zero-order valence-corrected chi connectivity index (χ0v) is 13.2. The highest BCUT2D eigenvalue weighted by Gasteiger charge is 2.08. The number of hydrogen-bond acceptors (Lipinski definition) is 2. The molecule has 0 heterocycles. The van der Waals surface area contributed by atoms with Gasteiger partial charge in [-0.15, -0.1) is 0 Å². The summed E-state index contributed by atoms with van der Waals surface area (Å²) in [5.74, 6) is -0.220. The van der Waals surface area contributed by atoms with E-state index in [-0.39, 0.29) is 5.82 Å². The standard InChI is InChI=1S/C16H18BrFN2/c1-3-19-11-12-4-9-16(15(17)10-12)20(2)14-7-5-13(18)6-8-14/h4-10,19H,3,11H2,1-2H3. The molecule has 2 aromatic rings. The van der Waals surface area contributed by atoms with Crippen molar-refractivity contribution in [2.24, 2.45) is 0 Å². The van der Waals surface area contributed by atoms with Crippen LogP contribution in [-0.4, -0.2) is 13.6 Å². The van der Waals surface area contributed by atoms with Crippen molar-refractivity contribution in [3.8, 4) is 0 Å². The van der Waals surface area contributed by atoms with Crippen LogP contribution in [0.25, 0.3) is 0 Å². The van der Waals surface area contributed by atoms with Gasteiger partial charge in [0.05, 0.1) is 5.69 Å². The number of rotatable bonds is 5. The fraction of sp³-hybridized carbons (Fsp3) is 0.250. The predicted molar refractivity (Wildman–Crippen MR) is 86.0 cm³/mol. The Kier molecular flexibility index (Phi) is 5.15. The van der Waals surface area contributed by atoms with Crippen molar-refractivity contribution in [3.05, 3.63) is 58.3 Å². The third kappa shape index (κ3) is 3.58. The Bertz CT molecular complexity index is 569. The molecule has 0 radical (unpaired) electrons. The minimum absolute atomic E-state index is 0.220. The van der Waals surface area contributed by atoms with Crippen LogP contribution in [0, 0.1) is 5.82 Å². The second-order valence-corrected chi connectivity index (χ2v) is 5.46. The molecule has 0 bridgehead atoms. The van der Waals surface area contributed by atoms with Gasteiger partial charge in [-0.2, -0.15) is 0 Å². The first-order valence-corrected chi connectivity index (χ1v) is 7.39. The molecule has 0 saturated heterocycles. The minimum atomic E-state index is -0.220. The number of nitrogens with one attached hydrogen (secondary N) is 1. The zero-order chi connectivity index (χ0) is 14.5. The largest absolute Gasteiger partial charge is 0.344 e. The molecule has 4 heteroatoms. The van der Waals surface area contributed by atoms with Crippen molar-refractivity contribution >= 4 is 27.3 Å². The molecule has 0 fully saturated rings. The first kappa shape index (κ1) is 15.0. The van der Waals surface area contributed by atoms with E-state index in [4.69, 9.17) is 0 Å². The molecule has 106 valence electrons. The summed E-state index contributed by atoms with van der Waals surface area (Å²) in [5.41, 5.74) is 3.23. The Hall–Kier alpha value is -1.39. The van der Waals surface area contributed by atoms with Crippen LogP contribution >= 0.6 is 15.9 Å². The predicted octanol–water partition coefficient (Wildman–Crippen LogP) is 4.47. The van der Waals surface area contributed by atoms with Gasteiger partial charge in [0.2, 0.25) is 0 Å². The van der Waals surface area contributed by atoms with Crippen molar-refractivity contribution in [2.75, 3.05) is 18.5 Å². The normalized spacial score (nSPS) is 10.6. The molecule has 0 unspecified atom stereocenters. The number of benzene rings is 2. The van der Waals surface area contributed by atoms with Crippen molar-refractivity contribution < 1.29 is 4.39 Å². The summed E-state index contributed by atoms with van der Waals surface area (Å²) in [6, 6.07) is 12.8. The Balaban J connectivity index is 2.21. The van der Waals surface area contributed by atoms with Crippen molar-refractivity contribution in [1.82, 2.24) is 5.32 Å². The smallest absolute Gasteiger partial charge is 0.123 e. The molecular weight excluding hydrogens is 319 g/mol. The van der Waals surface area contributed by atoms with Gasteiger partial charge in [-0.3, -0.25) is 0 Å². The van der Waals surface area contributed by atoms with Crippen LogP contribution in [0.3, 0.4) is 0 Å². The molecule has 0 aliphatic carbocycles. The Morgan fingerprint density at radius 2 is 1.85 bits per heavy atom.